The predicted molar refractivity (Wildman–Crippen MR) is 93.7 cm³/mol. The molecule has 2 bridgehead atoms. The Bertz CT molecular complexity index is 543. The number of rotatable bonds is 4. The maximum Gasteiger partial charge on any atom is 0.222 e. The van der Waals surface area contributed by atoms with Crippen LogP contribution in [-0.2, 0) is 4.79 Å². The van der Waals surface area contributed by atoms with Crippen LogP contribution in [0.15, 0.2) is 36.4 Å². The number of carbonyl (C=O) groups excluding carboxylic acids is 1. The van der Waals surface area contributed by atoms with E-state index in [4.69, 9.17) is 0 Å². The van der Waals surface area contributed by atoms with Gasteiger partial charge >= 0.3 is 0 Å². The summed E-state index contributed by atoms with van der Waals surface area (Å²) in [5.41, 5.74) is 1.21. The lowest BCUT2D eigenvalue weighted by Crippen LogP contribution is -2.55. The largest absolute Gasteiger partial charge is 0.334 e. The summed E-state index contributed by atoms with van der Waals surface area (Å²) in [6.07, 6.45) is 5.20. The molecule has 2 fully saturated rings. The Kier molecular flexibility index (Phi) is 4.99. The monoisotopic (exact) mass is 362 g/mol. The third-order valence-electron chi connectivity index (χ3n) is 4.73. The van der Waals surface area contributed by atoms with Gasteiger partial charge in [0.2, 0.25) is 5.91 Å². The number of carbonyl (C=O) groups is 1. The first-order chi connectivity index (χ1) is 10.7. The molecule has 0 N–H and O–H groups in total. The zero-order valence-corrected chi connectivity index (χ0v) is 14.6. The van der Waals surface area contributed by atoms with Crippen molar-refractivity contribution in [2.75, 3.05) is 19.6 Å². The average Bonchev–Trinajstić information content (AvgIpc) is 2.83. The minimum absolute atomic E-state index is 0.327. The molecule has 3 rings (SSSR count). The Morgan fingerprint density at radius 3 is 2.45 bits per heavy atom. The van der Waals surface area contributed by atoms with E-state index in [2.05, 4.69) is 56.1 Å². The van der Waals surface area contributed by atoms with Crippen LogP contribution >= 0.6 is 15.9 Å². The normalized spacial score (nSPS) is 25.5. The highest BCUT2D eigenvalue weighted by Crippen LogP contribution is 2.31. The minimum atomic E-state index is 0.327. The van der Waals surface area contributed by atoms with Crippen LogP contribution in [0.25, 0.3) is 4.48 Å². The van der Waals surface area contributed by atoms with Gasteiger partial charge < -0.3 is 4.90 Å². The van der Waals surface area contributed by atoms with Gasteiger partial charge in [-0.25, -0.2) is 0 Å². The second kappa shape index (κ2) is 6.97. The van der Waals surface area contributed by atoms with Crippen LogP contribution in [0.5, 0.6) is 0 Å². The first-order valence-corrected chi connectivity index (χ1v) is 8.93. The molecule has 4 heteroatoms. The Hall–Kier alpha value is -1.13. The van der Waals surface area contributed by atoms with Crippen molar-refractivity contribution in [2.24, 2.45) is 0 Å². The fraction of sp³-hybridized carbons (Fsp3) is 0.500. The molecule has 0 saturated carbocycles. The van der Waals surface area contributed by atoms with Crippen molar-refractivity contribution in [3.8, 4) is 0 Å². The standard InChI is InChI=1S/C18H23BrN2O/c1-2-18(22)21-15-8-9-16(21)13-20(12-15)11-10-17(19)14-6-4-3-5-7-14/h3-7,10,15-16H,2,8-9,11-13H2,1H3/b17-10-. The minimum Gasteiger partial charge on any atom is -0.334 e. The maximum atomic E-state index is 12.1. The van der Waals surface area contributed by atoms with E-state index in [0.717, 1.165) is 37.0 Å². The Morgan fingerprint density at radius 1 is 1.23 bits per heavy atom. The van der Waals surface area contributed by atoms with Gasteiger partial charge in [0.05, 0.1) is 0 Å². The van der Waals surface area contributed by atoms with Gasteiger partial charge in [-0.15, -0.1) is 0 Å². The highest BCUT2D eigenvalue weighted by molar-refractivity contribution is 9.15. The molecule has 2 saturated heterocycles. The molecule has 2 aliphatic rings. The van der Waals surface area contributed by atoms with E-state index in [1.165, 1.54) is 5.56 Å². The third-order valence-corrected chi connectivity index (χ3v) is 5.51. The Labute approximate surface area is 141 Å². The van der Waals surface area contributed by atoms with Gasteiger partial charge in [0.15, 0.2) is 0 Å². The fourth-order valence-electron chi connectivity index (χ4n) is 3.65. The zero-order chi connectivity index (χ0) is 15.5. The molecule has 118 valence electrons. The number of nitrogens with zero attached hydrogens (tertiary/aromatic N) is 2. The van der Waals surface area contributed by atoms with Crippen molar-refractivity contribution in [1.29, 1.82) is 0 Å². The third kappa shape index (κ3) is 3.28. The molecule has 0 spiro atoms. The van der Waals surface area contributed by atoms with E-state index in [0.29, 0.717) is 24.4 Å². The Balaban J connectivity index is 1.61. The molecular formula is C18H23BrN2O. The summed E-state index contributed by atoms with van der Waals surface area (Å²) in [7, 11) is 0. The van der Waals surface area contributed by atoms with Crippen LogP contribution in [0.1, 0.15) is 31.7 Å². The number of piperazine rings is 1. The van der Waals surface area contributed by atoms with E-state index in [1.54, 1.807) is 0 Å². The van der Waals surface area contributed by atoms with Gasteiger partial charge in [-0.2, -0.15) is 0 Å². The quantitative estimate of drug-likeness (QED) is 0.818. The van der Waals surface area contributed by atoms with Gasteiger partial charge in [-0.1, -0.05) is 59.3 Å². The number of likely N-dealkylation sites (tertiary alicyclic amines) is 1. The van der Waals surface area contributed by atoms with Crippen LogP contribution in [-0.4, -0.2) is 47.4 Å². The molecule has 0 radical (unpaired) electrons. The van der Waals surface area contributed by atoms with E-state index >= 15 is 0 Å². The van der Waals surface area contributed by atoms with Crippen molar-refractivity contribution in [3.63, 3.8) is 0 Å². The molecule has 2 heterocycles. The number of hydrogen-bond donors (Lipinski definition) is 0. The zero-order valence-electron chi connectivity index (χ0n) is 13.0. The molecule has 22 heavy (non-hydrogen) atoms. The summed E-state index contributed by atoms with van der Waals surface area (Å²) in [4.78, 5) is 16.7. The average molecular weight is 363 g/mol. The lowest BCUT2D eigenvalue weighted by molar-refractivity contribution is -0.136. The first-order valence-electron chi connectivity index (χ1n) is 8.13. The molecule has 2 aliphatic heterocycles. The Morgan fingerprint density at radius 2 is 1.86 bits per heavy atom. The summed E-state index contributed by atoms with van der Waals surface area (Å²) < 4.78 is 1.15. The number of halogens is 1. The van der Waals surface area contributed by atoms with Gasteiger partial charge in [0.25, 0.3) is 0 Å². The number of hydrogen-bond acceptors (Lipinski definition) is 2. The van der Waals surface area contributed by atoms with Crippen LogP contribution < -0.4 is 0 Å². The summed E-state index contributed by atoms with van der Waals surface area (Å²) in [6.45, 7) is 4.92. The summed E-state index contributed by atoms with van der Waals surface area (Å²) in [6, 6.07) is 11.2. The van der Waals surface area contributed by atoms with E-state index in [-0.39, 0.29) is 0 Å². The summed E-state index contributed by atoms with van der Waals surface area (Å²) in [5, 5.41) is 0. The predicted octanol–water partition coefficient (Wildman–Crippen LogP) is 3.51. The van der Waals surface area contributed by atoms with Gasteiger partial charge in [-0.3, -0.25) is 9.69 Å². The van der Waals surface area contributed by atoms with Crippen LogP contribution in [0, 0.1) is 0 Å². The maximum absolute atomic E-state index is 12.1. The molecule has 1 amide bonds. The van der Waals surface area contributed by atoms with Crippen molar-refractivity contribution in [1.82, 2.24) is 9.80 Å². The number of fused-ring (bicyclic) bond motifs is 2. The van der Waals surface area contributed by atoms with Crippen LogP contribution in [0.4, 0.5) is 0 Å². The highest BCUT2D eigenvalue weighted by atomic mass is 79.9. The van der Waals surface area contributed by atoms with E-state index < -0.39 is 0 Å². The summed E-state index contributed by atoms with van der Waals surface area (Å²) in [5.74, 6) is 0.327. The topological polar surface area (TPSA) is 23.6 Å². The van der Waals surface area contributed by atoms with E-state index in [9.17, 15) is 4.79 Å². The number of benzene rings is 1. The molecule has 2 unspecified atom stereocenters. The lowest BCUT2D eigenvalue weighted by Gasteiger charge is -2.40. The molecule has 1 aromatic carbocycles. The molecule has 3 nitrogen and oxygen atoms in total. The number of amides is 1. The molecule has 1 aromatic rings. The van der Waals surface area contributed by atoms with Crippen molar-refractivity contribution in [3.05, 3.63) is 42.0 Å². The SMILES string of the molecule is CCC(=O)N1C2CCC1CN(C/C=C(\Br)c1ccccc1)C2. The van der Waals surface area contributed by atoms with Crippen LogP contribution in [0.2, 0.25) is 0 Å². The van der Waals surface area contributed by atoms with E-state index in [1.807, 2.05) is 13.0 Å². The highest BCUT2D eigenvalue weighted by Gasteiger charge is 2.41. The fourth-order valence-corrected chi connectivity index (χ4v) is 4.06. The molecule has 0 aliphatic carbocycles. The molecular weight excluding hydrogens is 340 g/mol. The first kappa shape index (κ1) is 15.8. The van der Waals surface area contributed by atoms with Gasteiger partial charge in [-0.05, 0) is 18.4 Å². The van der Waals surface area contributed by atoms with Gasteiger partial charge in [0.1, 0.15) is 0 Å². The van der Waals surface area contributed by atoms with Crippen molar-refractivity contribution in [2.45, 2.75) is 38.3 Å². The smallest absolute Gasteiger partial charge is 0.222 e. The second-order valence-electron chi connectivity index (χ2n) is 6.18. The van der Waals surface area contributed by atoms with Crippen molar-refractivity contribution >= 4 is 26.3 Å². The van der Waals surface area contributed by atoms with Crippen molar-refractivity contribution < 1.29 is 4.79 Å². The molecule has 0 aromatic heterocycles. The van der Waals surface area contributed by atoms with Gasteiger partial charge in [0, 0.05) is 42.6 Å². The van der Waals surface area contributed by atoms with Crippen LogP contribution in [0.3, 0.4) is 0 Å². The summed E-state index contributed by atoms with van der Waals surface area (Å²) >= 11 is 3.67. The molecule has 2 atom stereocenters. The second-order valence-corrected chi connectivity index (χ2v) is 7.03. The lowest BCUT2D eigenvalue weighted by atomic mass is 10.1.